The Bertz CT molecular complexity index is 391. The van der Waals surface area contributed by atoms with Crippen molar-refractivity contribution in [3.8, 4) is 0 Å². The number of amides is 1. The molecule has 1 unspecified atom stereocenters. The van der Waals surface area contributed by atoms with Crippen LogP contribution in [0.1, 0.15) is 53.9 Å². The van der Waals surface area contributed by atoms with Gasteiger partial charge in [0, 0.05) is 6.08 Å². The predicted molar refractivity (Wildman–Crippen MR) is 81.4 cm³/mol. The second-order valence-corrected chi connectivity index (χ2v) is 5.84. The quantitative estimate of drug-likeness (QED) is 0.530. The van der Waals surface area contributed by atoms with Gasteiger partial charge in [-0.25, -0.2) is 4.79 Å². The summed E-state index contributed by atoms with van der Waals surface area (Å²) in [5.41, 5.74) is 2.21. The molecule has 0 fully saturated rings. The number of carbonyl (C=O) groups excluding carboxylic acids is 1. The van der Waals surface area contributed by atoms with Gasteiger partial charge in [0.05, 0.1) is 0 Å². The fourth-order valence-electron chi connectivity index (χ4n) is 1.79. The third-order valence-electron chi connectivity index (χ3n) is 2.79. The van der Waals surface area contributed by atoms with Crippen LogP contribution >= 0.6 is 0 Å². The maximum absolute atomic E-state index is 11.8. The fraction of sp³-hybridized carbons (Fsp3) is 0.625. The Hall–Kier alpha value is -1.58. The van der Waals surface area contributed by atoms with Crippen molar-refractivity contribution in [3.05, 3.63) is 23.3 Å². The summed E-state index contributed by atoms with van der Waals surface area (Å²) in [5.74, 6) is -1.09. The Morgan fingerprint density at radius 2 is 1.80 bits per heavy atom. The molecular formula is C16H27NO3. The molecule has 0 bridgehead atoms. The summed E-state index contributed by atoms with van der Waals surface area (Å²) in [4.78, 5) is 22.8. The van der Waals surface area contributed by atoms with E-state index >= 15 is 0 Å². The van der Waals surface area contributed by atoms with Crippen molar-refractivity contribution in [1.82, 2.24) is 5.32 Å². The average Bonchev–Trinajstić information content (AvgIpc) is 2.26. The molecule has 1 amide bonds. The van der Waals surface area contributed by atoms with Crippen molar-refractivity contribution in [3.63, 3.8) is 0 Å². The summed E-state index contributed by atoms with van der Waals surface area (Å²) >= 11 is 0. The number of nitrogens with one attached hydrogen (secondary N) is 1. The molecule has 20 heavy (non-hydrogen) atoms. The molecule has 4 nitrogen and oxygen atoms in total. The van der Waals surface area contributed by atoms with Crippen LogP contribution in [0.4, 0.5) is 0 Å². The van der Waals surface area contributed by atoms with E-state index in [1.807, 2.05) is 34.6 Å². The molecule has 0 aliphatic heterocycles. The van der Waals surface area contributed by atoms with Gasteiger partial charge in [-0.15, -0.1) is 0 Å². The maximum Gasteiger partial charge on any atom is 0.326 e. The number of allylic oxidation sites excluding steroid dienone is 3. The number of hydrogen-bond acceptors (Lipinski definition) is 2. The van der Waals surface area contributed by atoms with E-state index in [0.717, 1.165) is 18.4 Å². The van der Waals surface area contributed by atoms with Crippen molar-refractivity contribution in [1.29, 1.82) is 0 Å². The van der Waals surface area contributed by atoms with E-state index in [-0.39, 0.29) is 11.8 Å². The third-order valence-corrected chi connectivity index (χ3v) is 2.79. The zero-order valence-corrected chi connectivity index (χ0v) is 13.2. The first kappa shape index (κ1) is 18.4. The summed E-state index contributed by atoms with van der Waals surface area (Å²) < 4.78 is 0. The summed E-state index contributed by atoms with van der Waals surface area (Å²) in [7, 11) is 0. The number of carboxylic acids is 1. The number of carbonyl (C=O) groups is 2. The largest absolute Gasteiger partial charge is 0.480 e. The van der Waals surface area contributed by atoms with Crippen LogP contribution in [0.5, 0.6) is 0 Å². The van der Waals surface area contributed by atoms with Crippen molar-refractivity contribution in [2.24, 2.45) is 5.92 Å². The Balaban J connectivity index is 4.43. The first-order chi connectivity index (χ1) is 9.22. The van der Waals surface area contributed by atoms with Crippen LogP contribution < -0.4 is 5.32 Å². The van der Waals surface area contributed by atoms with Gasteiger partial charge >= 0.3 is 5.97 Å². The molecule has 0 aliphatic carbocycles. The van der Waals surface area contributed by atoms with Crippen LogP contribution in [-0.2, 0) is 9.59 Å². The number of carboxylic acid groups (broad SMARTS) is 1. The molecule has 0 aromatic rings. The standard InChI is InChI=1S/C16H27NO3/c1-11(2)7-6-8-13(5)10-15(18)17-14(16(19)20)9-12(3)4/h7,10,12,14H,6,8-9H2,1-5H3,(H,17,18)(H,19,20). The average molecular weight is 281 g/mol. The lowest BCUT2D eigenvalue weighted by atomic mass is 10.0. The van der Waals surface area contributed by atoms with Gasteiger partial charge in [0.15, 0.2) is 0 Å². The molecule has 114 valence electrons. The highest BCUT2D eigenvalue weighted by molar-refractivity contribution is 5.91. The molecule has 1 atom stereocenters. The predicted octanol–water partition coefficient (Wildman–Crippen LogP) is 3.29. The summed E-state index contributed by atoms with van der Waals surface area (Å²) in [6.45, 7) is 9.83. The Labute approximate surface area is 122 Å². The molecule has 4 heteroatoms. The van der Waals surface area contributed by atoms with Crippen LogP contribution in [0.3, 0.4) is 0 Å². The van der Waals surface area contributed by atoms with Crippen molar-refractivity contribution in [2.75, 3.05) is 0 Å². The zero-order chi connectivity index (χ0) is 15.7. The second-order valence-electron chi connectivity index (χ2n) is 5.84. The molecule has 2 N–H and O–H groups in total. The van der Waals surface area contributed by atoms with Crippen LogP contribution in [0, 0.1) is 5.92 Å². The van der Waals surface area contributed by atoms with Gasteiger partial charge in [0.1, 0.15) is 6.04 Å². The second kappa shape index (κ2) is 9.34. The van der Waals surface area contributed by atoms with Gasteiger partial charge in [-0.2, -0.15) is 0 Å². The highest BCUT2D eigenvalue weighted by Gasteiger charge is 2.20. The lowest BCUT2D eigenvalue weighted by molar-refractivity contribution is -0.141. The van der Waals surface area contributed by atoms with Crippen LogP contribution in [-0.4, -0.2) is 23.0 Å². The van der Waals surface area contributed by atoms with E-state index in [0.29, 0.717) is 6.42 Å². The lowest BCUT2D eigenvalue weighted by Crippen LogP contribution is -2.40. The fourth-order valence-corrected chi connectivity index (χ4v) is 1.79. The topological polar surface area (TPSA) is 66.4 Å². The van der Waals surface area contributed by atoms with E-state index in [9.17, 15) is 9.59 Å². The van der Waals surface area contributed by atoms with Gasteiger partial charge in [-0.05, 0) is 46.0 Å². The minimum atomic E-state index is -0.984. The summed E-state index contributed by atoms with van der Waals surface area (Å²) in [5, 5.41) is 11.6. The van der Waals surface area contributed by atoms with Crippen molar-refractivity contribution in [2.45, 2.75) is 59.9 Å². The first-order valence-corrected chi connectivity index (χ1v) is 7.06. The Kier molecular flexibility index (Phi) is 8.61. The van der Waals surface area contributed by atoms with E-state index in [1.165, 1.54) is 11.6 Å². The third kappa shape index (κ3) is 9.36. The zero-order valence-electron chi connectivity index (χ0n) is 13.2. The first-order valence-electron chi connectivity index (χ1n) is 7.06. The smallest absolute Gasteiger partial charge is 0.326 e. The minimum Gasteiger partial charge on any atom is -0.480 e. The number of rotatable bonds is 8. The maximum atomic E-state index is 11.8. The Morgan fingerprint density at radius 1 is 1.20 bits per heavy atom. The van der Waals surface area contributed by atoms with E-state index in [1.54, 1.807) is 0 Å². The van der Waals surface area contributed by atoms with Crippen molar-refractivity contribution < 1.29 is 14.7 Å². The van der Waals surface area contributed by atoms with Crippen LogP contribution in [0.25, 0.3) is 0 Å². The molecular weight excluding hydrogens is 254 g/mol. The summed E-state index contributed by atoms with van der Waals surface area (Å²) in [6.07, 6.45) is 5.75. The lowest BCUT2D eigenvalue weighted by Gasteiger charge is -2.15. The molecule has 0 heterocycles. The normalized spacial score (nSPS) is 13.0. The molecule has 0 saturated heterocycles. The number of aliphatic carboxylic acids is 1. The minimum absolute atomic E-state index is 0.221. The van der Waals surface area contributed by atoms with Gasteiger partial charge in [0.2, 0.25) is 5.91 Å². The number of hydrogen-bond donors (Lipinski definition) is 2. The van der Waals surface area contributed by atoms with E-state index in [4.69, 9.17) is 5.11 Å². The molecule has 0 radical (unpaired) electrons. The monoisotopic (exact) mass is 281 g/mol. The van der Waals surface area contributed by atoms with Gasteiger partial charge < -0.3 is 10.4 Å². The van der Waals surface area contributed by atoms with Gasteiger partial charge in [-0.1, -0.05) is 31.1 Å². The highest BCUT2D eigenvalue weighted by atomic mass is 16.4. The van der Waals surface area contributed by atoms with Crippen LogP contribution in [0.15, 0.2) is 23.3 Å². The van der Waals surface area contributed by atoms with Crippen molar-refractivity contribution >= 4 is 11.9 Å². The molecule has 0 rings (SSSR count). The van der Waals surface area contributed by atoms with E-state index in [2.05, 4.69) is 11.4 Å². The molecule has 0 aromatic carbocycles. The SMILES string of the molecule is CC(C)=CCCC(C)=CC(=O)NC(CC(C)C)C(=O)O. The molecule has 0 saturated carbocycles. The molecule has 0 aromatic heterocycles. The molecule has 0 spiro atoms. The molecule has 0 aliphatic rings. The van der Waals surface area contributed by atoms with E-state index < -0.39 is 12.0 Å². The van der Waals surface area contributed by atoms with Gasteiger partial charge in [0.25, 0.3) is 0 Å². The summed E-state index contributed by atoms with van der Waals surface area (Å²) in [6, 6.07) is -0.815. The van der Waals surface area contributed by atoms with Crippen LogP contribution in [0.2, 0.25) is 0 Å². The Morgan fingerprint density at radius 3 is 2.25 bits per heavy atom. The highest BCUT2D eigenvalue weighted by Crippen LogP contribution is 2.08. The van der Waals surface area contributed by atoms with Gasteiger partial charge in [-0.3, -0.25) is 4.79 Å².